The summed E-state index contributed by atoms with van der Waals surface area (Å²) in [6, 6.07) is 25.8. The second kappa shape index (κ2) is 6.13. The molecule has 1 nitrogen and oxygen atoms in total. The van der Waals surface area contributed by atoms with E-state index >= 15 is 0 Å². The van der Waals surface area contributed by atoms with Crippen molar-refractivity contribution in [2.24, 2.45) is 0 Å². The Morgan fingerprint density at radius 1 is 0.583 bits per heavy atom. The molecule has 0 saturated heterocycles. The van der Waals surface area contributed by atoms with Gasteiger partial charge in [-0.15, -0.1) is 0 Å². The van der Waals surface area contributed by atoms with Gasteiger partial charge in [-0.3, -0.25) is 4.79 Å². The monoisotopic (exact) mass is 308 g/mol. The maximum atomic E-state index is 12.7. The summed E-state index contributed by atoms with van der Waals surface area (Å²) in [6.45, 7) is 0. The Bertz CT molecular complexity index is 911. The molecule has 24 heavy (non-hydrogen) atoms. The van der Waals surface area contributed by atoms with Crippen LogP contribution >= 0.6 is 0 Å². The van der Waals surface area contributed by atoms with Crippen LogP contribution in [0.25, 0.3) is 11.6 Å². The summed E-state index contributed by atoms with van der Waals surface area (Å²) in [7, 11) is 0. The normalized spacial score (nSPS) is 12.8. The summed E-state index contributed by atoms with van der Waals surface area (Å²) >= 11 is 0. The van der Waals surface area contributed by atoms with Gasteiger partial charge in [0.15, 0.2) is 5.78 Å². The highest BCUT2D eigenvalue weighted by molar-refractivity contribution is 6.18. The zero-order valence-corrected chi connectivity index (χ0v) is 13.1. The second-order valence-electron chi connectivity index (χ2n) is 5.77. The lowest BCUT2D eigenvalue weighted by Gasteiger charge is -2.21. The van der Waals surface area contributed by atoms with Crippen LogP contribution in [0.3, 0.4) is 0 Å². The van der Waals surface area contributed by atoms with Gasteiger partial charge in [-0.2, -0.15) is 0 Å². The van der Waals surface area contributed by atoms with Gasteiger partial charge in [-0.25, -0.2) is 0 Å². The van der Waals surface area contributed by atoms with Gasteiger partial charge in [0.25, 0.3) is 0 Å². The summed E-state index contributed by atoms with van der Waals surface area (Å²) in [5.74, 6) is 0.102. The average molecular weight is 308 g/mol. The van der Waals surface area contributed by atoms with Crippen LogP contribution in [-0.4, -0.2) is 5.78 Å². The molecule has 0 spiro atoms. The molecule has 0 amide bonds. The van der Waals surface area contributed by atoms with Crippen LogP contribution in [0.4, 0.5) is 0 Å². The molecule has 0 atom stereocenters. The van der Waals surface area contributed by atoms with E-state index in [0.717, 1.165) is 33.4 Å². The third-order valence-corrected chi connectivity index (χ3v) is 4.27. The second-order valence-corrected chi connectivity index (χ2v) is 5.77. The standard InChI is InChI=1S/C23H16O/c24-23-21-14-6-4-12-19(21)18(20-13-5-7-15-22(20)23)16-8-11-17-9-2-1-3-10-17/h1-16H. The first kappa shape index (κ1) is 14.4. The molecule has 114 valence electrons. The van der Waals surface area contributed by atoms with Crippen LogP contribution in [0.2, 0.25) is 0 Å². The summed E-state index contributed by atoms with van der Waals surface area (Å²) in [5.41, 5.74) is 5.79. The molecule has 0 radical (unpaired) electrons. The third kappa shape index (κ3) is 2.50. The van der Waals surface area contributed by atoms with E-state index in [9.17, 15) is 4.79 Å². The van der Waals surface area contributed by atoms with Crippen molar-refractivity contribution in [2.45, 2.75) is 0 Å². The van der Waals surface area contributed by atoms with E-state index in [1.54, 1.807) is 0 Å². The molecule has 0 saturated carbocycles. The highest BCUT2D eigenvalue weighted by atomic mass is 16.1. The first-order chi connectivity index (χ1) is 11.8. The highest BCUT2D eigenvalue weighted by Gasteiger charge is 2.25. The molecule has 0 unspecified atom stereocenters. The van der Waals surface area contributed by atoms with Gasteiger partial charge in [-0.05, 0) is 22.3 Å². The SMILES string of the molecule is O=C1c2ccccc2C(=CC=Cc2ccccc2)c2ccccc21. The summed E-state index contributed by atoms with van der Waals surface area (Å²) in [5, 5.41) is 0. The smallest absolute Gasteiger partial charge is 0.194 e. The lowest BCUT2D eigenvalue weighted by atomic mass is 9.81. The zero-order chi connectivity index (χ0) is 16.4. The molecule has 1 heteroatoms. The van der Waals surface area contributed by atoms with Crippen molar-refractivity contribution in [3.05, 3.63) is 119 Å². The quantitative estimate of drug-likeness (QED) is 0.486. The maximum Gasteiger partial charge on any atom is 0.194 e. The Hall–Kier alpha value is -3.19. The van der Waals surface area contributed by atoms with Crippen molar-refractivity contribution in [2.75, 3.05) is 0 Å². The third-order valence-electron chi connectivity index (χ3n) is 4.27. The van der Waals surface area contributed by atoms with E-state index in [1.165, 1.54) is 0 Å². The molecule has 0 bridgehead atoms. The fourth-order valence-corrected chi connectivity index (χ4v) is 3.12. The van der Waals surface area contributed by atoms with Crippen molar-refractivity contribution in [3.8, 4) is 0 Å². The molecule has 0 heterocycles. The topological polar surface area (TPSA) is 17.1 Å². The van der Waals surface area contributed by atoms with Crippen molar-refractivity contribution in [3.63, 3.8) is 0 Å². The Morgan fingerprint density at radius 2 is 1.08 bits per heavy atom. The van der Waals surface area contributed by atoms with E-state index < -0.39 is 0 Å². The Labute approximate surface area is 141 Å². The number of allylic oxidation sites excluding steroid dienone is 2. The zero-order valence-electron chi connectivity index (χ0n) is 13.1. The fraction of sp³-hybridized carbons (Fsp3) is 0. The Balaban J connectivity index is 1.83. The highest BCUT2D eigenvalue weighted by Crippen LogP contribution is 2.35. The molecule has 0 aromatic heterocycles. The van der Waals surface area contributed by atoms with Crippen LogP contribution in [-0.2, 0) is 0 Å². The number of hydrogen-bond acceptors (Lipinski definition) is 1. The van der Waals surface area contributed by atoms with Crippen molar-refractivity contribution in [1.82, 2.24) is 0 Å². The number of fused-ring (bicyclic) bond motifs is 2. The van der Waals surface area contributed by atoms with Gasteiger partial charge < -0.3 is 0 Å². The van der Waals surface area contributed by atoms with Gasteiger partial charge in [0, 0.05) is 11.1 Å². The lowest BCUT2D eigenvalue weighted by Crippen LogP contribution is -2.13. The van der Waals surface area contributed by atoms with E-state index in [-0.39, 0.29) is 5.78 Å². The van der Waals surface area contributed by atoms with Crippen LogP contribution in [0, 0.1) is 0 Å². The molecule has 3 aromatic carbocycles. The minimum absolute atomic E-state index is 0.102. The van der Waals surface area contributed by atoms with Crippen molar-refractivity contribution in [1.29, 1.82) is 0 Å². The largest absolute Gasteiger partial charge is 0.289 e. The molecular formula is C23H16O. The number of carbonyl (C=O) groups excluding carboxylic acids is 1. The minimum Gasteiger partial charge on any atom is -0.289 e. The van der Waals surface area contributed by atoms with E-state index in [1.807, 2.05) is 72.8 Å². The Morgan fingerprint density at radius 3 is 1.67 bits per heavy atom. The number of hydrogen-bond donors (Lipinski definition) is 0. The molecule has 0 fully saturated rings. The van der Waals surface area contributed by atoms with E-state index in [4.69, 9.17) is 0 Å². The minimum atomic E-state index is 0.102. The van der Waals surface area contributed by atoms with Gasteiger partial charge in [-0.1, -0.05) is 97.1 Å². The van der Waals surface area contributed by atoms with Gasteiger partial charge in [0.2, 0.25) is 0 Å². The fourth-order valence-electron chi connectivity index (χ4n) is 3.12. The number of rotatable bonds is 2. The number of ketones is 1. The van der Waals surface area contributed by atoms with E-state index in [2.05, 4.69) is 24.3 Å². The van der Waals surface area contributed by atoms with Crippen LogP contribution < -0.4 is 0 Å². The molecular weight excluding hydrogens is 292 g/mol. The van der Waals surface area contributed by atoms with Crippen molar-refractivity contribution >= 4 is 17.4 Å². The average Bonchev–Trinajstić information content (AvgIpc) is 2.65. The summed E-state index contributed by atoms with van der Waals surface area (Å²) in [4.78, 5) is 12.7. The molecule has 1 aliphatic rings. The van der Waals surface area contributed by atoms with Gasteiger partial charge >= 0.3 is 0 Å². The lowest BCUT2D eigenvalue weighted by molar-refractivity contribution is 0.103. The van der Waals surface area contributed by atoms with E-state index in [0.29, 0.717) is 0 Å². The first-order valence-corrected chi connectivity index (χ1v) is 8.01. The first-order valence-electron chi connectivity index (χ1n) is 8.01. The van der Waals surface area contributed by atoms with Crippen LogP contribution in [0.1, 0.15) is 32.6 Å². The van der Waals surface area contributed by atoms with Crippen molar-refractivity contribution < 1.29 is 4.79 Å². The van der Waals surface area contributed by atoms with Crippen LogP contribution in [0.15, 0.2) is 91.0 Å². The van der Waals surface area contributed by atoms with Gasteiger partial charge in [0.05, 0.1) is 0 Å². The summed E-state index contributed by atoms with van der Waals surface area (Å²) < 4.78 is 0. The molecule has 0 aliphatic heterocycles. The predicted octanol–water partition coefficient (Wildman–Crippen LogP) is 5.38. The molecule has 3 aromatic rings. The maximum absolute atomic E-state index is 12.7. The van der Waals surface area contributed by atoms with Gasteiger partial charge in [0.1, 0.15) is 0 Å². The summed E-state index contributed by atoms with van der Waals surface area (Å²) in [6.07, 6.45) is 6.22. The molecule has 0 N–H and O–H groups in total. The Kier molecular flexibility index (Phi) is 3.68. The number of benzene rings is 3. The number of carbonyl (C=O) groups is 1. The van der Waals surface area contributed by atoms with Crippen LogP contribution in [0.5, 0.6) is 0 Å². The predicted molar refractivity (Wildman–Crippen MR) is 98.9 cm³/mol. The molecule has 1 aliphatic carbocycles. The molecule has 4 rings (SSSR count).